The Labute approximate surface area is 93.2 Å². The molecular formula is C12H24N2O. The van der Waals surface area contributed by atoms with Crippen molar-refractivity contribution in [2.24, 2.45) is 5.92 Å². The minimum absolute atomic E-state index is 0.0454. The van der Waals surface area contributed by atoms with Gasteiger partial charge in [-0.3, -0.25) is 9.69 Å². The van der Waals surface area contributed by atoms with Crippen LogP contribution in [0.15, 0.2) is 0 Å². The van der Waals surface area contributed by atoms with Crippen LogP contribution in [0.3, 0.4) is 0 Å². The monoisotopic (exact) mass is 212 g/mol. The Bertz CT molecular complexity index is 198. The highest BCUT2D eigenvalue weighted by Crippen LogP contribution is 2.11. The fourth-order valence-corrected chi connectivity index (χ4v) is 1.92. The first-order valence-electron chi connectivity index (χ1n) is 6.13. The minimum Gasteiger partial charge on any atom is -0.354 e. The summed E-state index contributed by atoms with van der Waals surface area (Å²) in [6.45, 7) is 9.20. The molecule has 1 amide bonds. The number of rotatable bonds is 4. The smallest absolute Gasteiger partial charge is 0.237 e. The molecule has 1 N–H and O–H groups in total. The first-order valence-corrected chi connectivity index (χ1v) is 6.13. The molecule has 1 aliphatic rings. The van der Waals surface area contributed by atoms with Gasteiger partial charge in [-0.25, -0.2) is 0 Å². The predicted octanol–water partition coefficient (Wildman–Crippen LogP) is 1.63. The van der Waals surface area contributed by atoms with Gasteiger partial charge in [0.2, 0.25) is 5.91 Å². The first-order chi connectivity index (χ1) is 7.11. The van der Waals surface area contributed by atoms with Crippen LogP contribution in [0, 0.1) is 5.92 Å². The summed E-state index contributed by atoms with van der Waals surface area (Å²) >= 11 is 0. The molecule has 88 valence electrons. The van der Waals surface area contributed by atoms with Crippen LogP contribution in [0.2, 0.25) is 0 Å². The van der Waals surface area contributed by atoms with E-state index in [1.54, 1.807) is 0 Å². The molecule has 3 nitrogen and oxygen atoms in total. The van der Waals surface area contributed by atoms with Crippen molar-refractivity contribution in [3.05, 3.63) is 0 Å². The number of nitrogens with one attached hydrogen (secondary N) is 1. The molecule has 1 rings (SSSR count). The topological polar surface area (TPSA) is 32.3 Å². The molecule has 1 saturated heterocycles. The van der Waals surface area contributed by atoms with Crippen molar-refractivity contribution in [1.82, 2.24) is 10.2 Å². The van der Waals surface area contributed by atoms with E-state index in [2.05, 4.69) is 24.1 Å². The number of carbonyl (C=O) groups is 1. The first kappa shape index (κ1) is 12.5. The lowest BCUT2D eigenvalue weighted by Crippen LogP contribution is -2.47. The third-order valence-corrected chi connectivity index (χ3v) is 3.00. The van der Waals surface area contributed by atoms with E-state index in [4.69, 9.17) is 0 Å². The highest BCUT2D eigenvalue weighted by Gasteiger charge is 2.22. The number of amides is 1. The maximum Gasteiger partial charge on any atom is 0.237 e. The van der Waals surface area contributed by atoms with E-state index in [0.717, 1.165) is 19.6 Å². The fourth-order valence-electron chi connectivity index (χ4n) is 1.92. The largest absolute Gasteiger partial charge is 0.354 e. The van der Waals surface area contributed by atoms with Crippen molar-refractivity contribution < 1.29 is 4.79 Å². The van der Waals surface area contributed by atoms with Gasteiger partial charge >= 0.3 is 0 Å². The van der Waals surface area contributed by atoms with Crippen molar-refractivity contribution in [2.45, 2.75) is 46.1 Å². The van der Waals surface area contributed by atoms with Crippen molar-refractivity contribution in [2.75, 3.05) is 19.6 Å². The molecular weight excluding hydrogens is 188 g/mol. The molecule has 0 aromatic rings. The third kappa shape index (κ3) is 4.20. The second kappa shape index (κ2) is 6.11. The maximum absolute atomic E-state index is 11.8. The van der Waals surface area contributed by atoms with Gasteiger partial charge in [0.05, 0.1) is 6.04 Å². The number of hydrogen-bond donors (Lipinski definition) is 1. The van der Waals surface area contributed by atoms with Crippen LogP contribution >= 0.6 is 0 Å². The Morgan fingerprint density at radius 3 is 2.33 bits per heavy atom. The quantitative estimate of drug-likeness (QED) is 0.768. The molecule has 1 atom stereocenters. The lowest BCUT2D eigenvalue weighted by molar-refractivity contribution is -0.126. The molecule has 1 aliphatic heterocycles. The summed E-state index contributed by atoms with van der Waals surface area (Å²) in [5.74, 6) is 0.716. The summed E-state index contributed by atoms with van der Waals surface area (Å²) in [6.07, 6.45) is 3.79. The normalized spacial score (nSPS) is 20.3. The summed E-state index contributed by atoms with van der Waals surface area (Å²) in [4.78, 5) is 14.1. The summed E-state index contributed by atoms with van der Waals surface area (Å²) in [7, 11) is 0. The molecule has 0 aromatic heterocycles. The van der Waals surface area contributed by atoms with E-state index in [1.807, 2.05) is 6.92 Å². The van der Waals surface area contributed by atoms with E-state index < -0.39 is 0 Å². The Balaban J connectivity index is 2.30. The van der Waals surface area contributed by atoms with Crippen LogP contribution in [0.4, 0.5) is 0 Å². The van der Waals surface area contributed by atoms with Crippen LogP contribution < -0.4 is 5.32 Å². The average molecular weight is 212 g/mol. The van der Waals surface area contributed by atoms with E-state index in [-0.39, 0.29) is 11.9 Å². The molecule has 0 unspecified atom stereocenters. The Morgan fingerprint density at radius 2 is 1.80 bits per heavy atom. The number of piperidine rings is 1. The van der Waals surface area contributed by atoms with E-state index in [0.29, 0.717) is 5.92 Å². The average Bonchev–Trinajstić information content (AvgIpc) is 2.26. The Kier molecular flexibility index (Phi) is 5.09. The second-order valence-electron chi connectivity index (χ2n) is 4.91. The summed E-state index contributed by atoms with van der Waals surface area (Å²) in [5.41, 5.74) is 0. The van der Waals surface area contributed by atoms with E-state index >= 15 is 0 Å². The number of nitrogens with zero attached hydrogens (tertiary/aromatic N) is 1. The second-order valence-corrected chi connectivity index (χ2v) is 4.91. The third-order valence-electron chi connectivity index (χ3n) is 3.00. The molecule has 0 aliphatic carbocycles. The summed E-state index contributed by atoms with van der Waals surface area (Å²) in [5, 5.41) is 3.00. The van der Waals surface area contributed by atoms with E-state index in [1.165, 1.54) is 19.3 Å². The fraction of sp³-hybridized carbons (Fsp3) is 0.917. The van der Waals surface area contributed by atoms with Gasteiger partial charge in [0.25, 0.3) is 0 Å². The van der Waals surface area contributed by atoms with Crippen LogP contribution in [-0.4, -0.2) is 36.5 Å². The van der Waals surface area contributed by atoms with Gasteiger partial charge in [-0.2, -0.15) is 0 Å². The highest BCUT2D eigenvalue weighted by atomic mass is 16.2. The molecule has 3 heteroatoms. The molecule has 0 spiro atoms. The van der Waals surface area contributed by atoms with E-state index in [9.17, 15) is 4.79 Å². The van der Waals surface area contributed by atoms with Gasteiger partial charge in [-0.15, -0.1) is 0 Å². The highest BCUT2D eigenvalue weighted by molar-refractivity contribution is 5.81. The van der Waals surface area contributed by atoms with Crippen molar-refractivity contribution in [1.29, 1.82) is 0 Å². The zero-order valence-electron chi connectivity index (χ0n) is 10.3. The molecule has 15 heavy (non-hydrogen) atoms. The molecule has 0 aromatic carbocycles. The minimum atomic E-state index is 0.0454. The van der Waals surface area contributed by atoms with Crippen molar-refractivity contribution in [3.8, 4) is 0 Å². The molecule has 1 fully saturated rings. The van der Waals surface area contributed by atoms with Crippen molar-refractivity contribution in [3.63, 3.8) is 0 Å². The van der Waals surface area contributed by atoms with Gasteiger partial charge in [0, 0.05) is 6.54 Å². The Morgan fingerprint density at radius 1 is 1.20 bits per heavy atom. The standard InChI is InChI=1S/C12H24N2O/c1-10(2)9-13-12(15)11(3)14-7-5-4-6-8-14/h10-11H,4-9H2,1-3H3,(H,13,15)/t11-/m0/s1. The lowest BCUT2D eigenvalue weighted by atomic mass is 10.1. The van der Waals surface area contributed by atoms with Crippen LogP contribution in [0.1, 0.15) is 40.0 Å². The summed E-state index contributed by atoms with van der Waals surface area (Å²) in [6, 6.07) is 0.0454. The lowest BCUT2D eigenvalue weighted by Gasteiger charge is -2.31. The zero-order chi connectivity index (χ0) is 11.3. The zero-order valence-corrected chi connectivity index (χ0v) is 10.3. The summed E-state index contributed by atoms with van der Waals surface area (Å²) < 4.78 is 0. The van der Waals surface area contributed by atoms with Gasteiger partial charge in [0.15, 0.2) is 0 Å². The SMILES string of the molecule is CC(C)CNC(=O)[C@H](C)N1CCCCC1. The van der Waals surface area contributed by atoms with Crippen molar-refractivity contribution >= 4 is 5.91 Å². The molecule has 0 bridgehead atoms. The van der Waals surface area contributed by atoms with Crippen LogP contribution in [-0.2, 0) is 4.79 Å². The molecule has 0 radical (unpaired) electrons. The Hall–Kier alpha value is -0.570. The van der Waals surface area contributed by atoms with Gasteiger partial charge in [0.1, 0.15) is 0 Å². The van der Waals surface area contributed by atoms with Gasteiger partial charge in [-0.05, 0) is 38.8 Å². The number of carbonyl (C=O) groups excluding carboxylic acids is 1. The number of hydrogen-bond acceptors (Lipinski definition) is 2. The number of likely N-dealkylation sites (tertiary alicyclic amines) is 1. The molecule has 0 saturated carbocycles. The van der Waals surface area contributed by atoms with Crippen LogP contribution in [0.25, 0.3) is 0 Å². The molecule has 1 heterocycles. The van der Waals surface area contributed by atoms with Gasteiger partial charge < -0.3 is 5.32 Å². The van der Waals surface area contributed by atoms with Crippen LogP contribution in [0.5, 0.6) is 0 Å². The van der Waals surface area contributed by atoms with Gasteiger partial charge in [-0.1, -0.05) is 20.3 Å². The predicted molar refractivity (Wildman–Crippen MR) is 62.7 cm³/mol. The maximum atomic E-state index is 11.8.